The van der Waals surface area contributed by atoms with Crippen LogP contribution in [0.4, 0.5) is 5.69 Å². The van der Waals surface area contributed by atoms with Gasteiger partial charge in [0.1, 0.15) is 0 Å². The van der Waals surface area contributed by atoms with Crippen LogP contribution in [0.5, 0.6) is 0 Å². The van der Waals surface area contributed by atoms with E-state index in [9.17, 15) is 14.9 Å². The number of nitro groups is 1. The van der Waals surface area contributed by atoms with Crippen molar-refractivity contribution in [2.24, 2.45) is 0 Å². The molecule has 8 nitrogen and oxygen atoms in total. The highest BCUT2D eigenvalue weighted by molar-refractivity contribution is 7.98. The molecule has 1 atom stereocenters. The van der Waals surface area contributed by atoms with Crippen LogP contribution in [0, 0.1) is 10.1 Å². The molecule has 1 aliphatic rings. The van der Waals surface area contributed by atoms with Gasteiger partial charge in [-0.1, -0.05) is 47.6 Å². The predicted octanol–water partition coefficient (Wildman–Crippen LogP) is 5.13. The standard InChI is InChI=1S/C22H22ClN5O3S/c1-2-26-20(19-8-5-13-27(19)21(29)17-6-3-4-7-18(17)23)24-25-22(26)32-14-15-9-11-16(12-10-15)28(30)31/h3-4,6-7,9-12,19H,2,5,8,13-14H2,1H3. The number of aromatic nitrogens is 3. The number of carbonyl (C=O) groups excluding carboxylic acids is 1. The molecule has 1 amide bonds. The maximum Gasteiger partial charge on any atom is 0.269 e. The van der Waals surface area contributed by atoms with E-state index in [1.807, 2.05) is 28.5 Å². The van der Waals surface area contributed by atoms with Gasteiger partial charge in [-0.3, -0.25) is 14.9 Å². The fraction of sp³-hybridized carbons (Fsp3) is 0.318. The molecule has 166 valence electrons. The van der Waals surface area contributed by atoms with E-state index in [2.05, 4.69) is 10.2 Å². The molecule has 1 aliphatic heterocycles. The van der Waals surface area contributed by atoms with E-state index in [0.717, 1.165) is 29.4 Å². The molecule has 4 rings (SSSR count). The fourth-order valence-electron chi connectivity index (χ4n) is 3.88. The van der Waals surface area contributed by atoms with Crippen molar-refractivity contribution < 1.29 is 9.72 Å². The first kappa shape index (κ1) is 22.3. The van der Waals surface area contributed by atoms with Crippen molar-refractivity contribution in [1.82, 2.24) is 19.7 Å². The number of halogens is 1. The Kier molecular flexibility index (Phi) is 6.76. The predicted molar refractivity (Wildman–Crippen MR) is 123 cm³/mol. The van der Waals surface area contributed by atoms with E-state index in [1.165, 1.54) is 23.9 Å². The Bertz CT molecular complexity index is 1130. The molecule has 32 heavy (non-hydrogen) atoms. The third-order valence-electron chi connectivity index (χ3n) is 5.49. The average molecular weight is 472 g/mol. The van der Waals surface area contributed by atoms with E-state index >= 15 is 0 Å². The first-order valence-electron chi connectivity index (χ1n) is 10.3. The van der Waals surface area contributed by atoms with Crippen LogP contribution in [0.2, 0.25) is 5.02 Å². The molecule has 1 fully saturated rings. The highest BCUT2D eigenvalue weighted by Gasteiger charge is 2.35. The Morgan fingerprint density at radius 3 is 2.66 bits per heavy atom. The quantitative estimate of drug-likeness (QED) is 0.269. The van der Waals surface area contributed by atoms with Crippen molar-refractivity contribution in [3.63, 3.8) is 0 Å². The number of rotatable bonds is 7. The van der Waals surface area contributed by atoms with Crippen LogP contribution >= 0.6 is 23.4 Å². The minimum absolute atomic E-state index is 0.0715. The summed E-state index contributed by atoms with van der Waals surface area (Å²) < 4.78 is 2.04. The molecule has 1 aromatic heterocycles. The van der Waals surface area contributed by atoms with Crippen molar-refractivity contribution >= 4 is 35.0 Å². The maximum atomic E-state index is 13.2. The minimum Gasteiger partial charge on any atom is -0.328 e. The molecule has 0 N–H and O–H groups in total. The van der Waals surface area contributed by atoms with Crippen LogP contribution in [0.3, 0.4) is 0 Å². The smallest absolute Gasteiger partial charge is 0.269 e. The number of hydrogen-bond donors (Lipinski definition) is 0. The molecule has 1 saturated heterocycles. The van der Waals surface area contributed by atoms with Crippen molar-refractivity contribution in [2.75, 3.05) is 6.54 Å². The lowest BCUT2D eigenvalue weighted by Gasteiger charge is -2.25. The van der Waals surface area contributed by atoms with Gasteiger partial charge in [0.2, 0.25) is 0 Å². The van der Waals surface area contributed by atoms with E-state index in [4.69, 9.17) is 11.6 Å². The Hall–Kier alpha value is -2.91. The number of carbonyl (C=O) groups is 1. The number of hydrogen-bond acceptors (Lipinski definition) is 6. The summed E-state index contributed by atoms with van der Waals surface area (Å²) >= 11 is 7.78. The topological polar surface area (TPSA) is 94.2 Å². The number of thioether (sulfide) groups is 1. The van der Waals surface area contributed by atoms with E-state index in [0.29, 0.717) is 29.4 Å². The second-order valence-corrected chi connectivity index (χ2v) is 8.78. The molecule has 0 spiro atoms. The molecule has 2 aromatic carbocycles. The van der Waals surface area contributed by atoms with Gasteiger partial charge in [0, 0.05) is 31.0 Å². The van der Waals surface area contributed by atoms with Crippen LogP contribution in [0.1, 0.15) is 47.6 Å². The lowest BCUT2D eigenvalue weighted by atomic mass is 10.1. The fourth-order valence-corrected chi connectivity index (χ4v) is 5.06. The van der Waals surface area contributed by atoms with Gasteiger partial charge in [-0.25, -0.2) is 0 Å². The van der Waals surface area contributed by atoms with Crippen LogP contribution in [0.25, 0.3) is 0 Å². The molecule has 0 saturated carbocycles. The molecule has 2 heterocycles. The van der Waals surface area contributed by atoms with Gasteiger partial charge >= 0.3 is 0 Å². The van der Waals surface area contributed by atoms with E-state index in [1.54, 1.807) is 24.3 Å². The summed E-state index contributed by atoms with van der Waals surface area (Å²) in [5.41, 5.74) is 1.53. The average Bonchev–Trinajstić information content (AvgIpc) is 3.44. The van der Waals surface area contributed by atoms with Gasteiger partial charge in [0.25, 0.3) is 11.6 Å². The third-order valence-corrected chi connectivity index (χ3v) is 6.86. The first-order valence-corrected chi connectivity index (χ1v) is 11.7. The second kappa shape index (κ2) is 9.70. The van der Waals surface area contributed by atoms with Gasteiger partial charge in [0.05, 0.1) is 21.6 Å². The van der Waals surface area contributed by atoms with Gasteiger partial charge in [0.15, 0.2) is 11.0 Å². The zero-order valence-electron chi connectivity index (χ0n) is 17.5. The number of amides is 1. The van der Waals surface area contributed by atoms with Crippen LogP contribution in [-0.2, 0) is 12.3 Å². The van der Waals surface area contributed by atoms with Gasteiger partial charge < -0.3 is 9.47 Å². The summed E-state index contributed by atoms with van der Waals surface area (Å²) in [5.74, 6) is 1.30. The monoisotopic (exact) mass is 471 g/mol. The number of nitro benzene ring substituents is 1. The van der Waals surface area contributed by atoms with Crippen LogP contribution in [-0.4, -0.2) is 37.0 Å². The maximum absolute atomic E-state index is 13.2. The summed E-state index contributed by atoms with van der Waals surface area (Å²) in [5, 5.41) is 20.9. The normalized spacial score (nSPS) is 15.8. The Morgan fingerprint density at radius 1 is 1.22 bits per heavy atom. The molecule has 0 radical (unpaired) electrons. The largest absolute Gasteiger partial charge is 0.328 e. The molecular formula is C22H22ClN5O3S. The summed E-state index contributed by atoms with van der Waals surface area (Å²) in [6.45, 7) is 3.35. The minimum atomic E-state index is -0.409. The van der Waals surface area contributed by atoms with Crippen LogP contribution in [0.15, 0.2) is 53.7 Å². The van der Waals surface area contributed by atoms with Crippen molar-refractivity contribution in [3.8, 4) is 0 Å². The summed E-state index contributed by atoms with van der Waals surface area (Å²) in [6, 6.07) is 13.4. The highest BCUT2D eigenvalue weighted by Crippen LogP contribution is 2.35. The lowest BCUT2D eigenvalue weighted by molar-refractivity contribution is -0.384. The molecule has 3 aromatic rings. The summed E-state index contributed by atoms with van der Waals surface area (Å²) in [7, 11) is 0. The highest BCUT2D eigenvalue weighted by atomic mass is 35.5. The van der Waals surface area contributed by atoms with E-state index < -0.39 is 4.92 Å². The van der Waals surface area contributed by atoms with Crippen molar-refractivity contribution in [3.05, 3.63) is 80.6 Å². The summed E-state index contributed by atoms with van der Waals surface area (Å²) in [6.07, 6.45) is 1.71. The Morgan fingerprint density at radius 2 is 1.97 bits per heavy atom. The van der Waals surface area contributed by atoms with Gasteiger partial charge in [-0.2, -0.15) is 0 Å². The zero-order chi connectivity index (χ0) is 22.7. The Balaban J connectivity index is 1.52. The van der Waals surface area contributed by atoms with Crippen LogP contribution < -0.4 is 0 Å². The number of likely N-dealkylation sites (tertiary alicyclic amines) is 1. The Labute approximate surface area is 194 Å². The zero-order valence-corrected chi connectivity index (χ0v) is 19.1. The summed E-state index contributed by atoms with van der Waals surface area (Å²) in [4.78, 5) is 25.4. The number of nitrogens with zero attached hydrogens (tertiary/aromatic N) is 5. The van der Waals surface area contributed by atoms with Gasteiger partial charge in [-0.05, 0) is 37.5 Å². The van der Waals surface area contributed by atoms with Crippen molar-refractivity contribution in [2.45, 2.75) is 43.3 Å². The molecule has 10 heteroatoms. The van der Waals surface area contributed by atoms with Crippen molar-refractivity contribution in [1.29, 1.82) is 0 Å². The van der Waals surface area contributed by atoms with E-state index in [-0.39, 0.29) is 17.6 Å². The first-order chi connectivity index (χ1) is 15.5. The lowest BCUT2D eigenvalue weighted by Crippen LogP contribution is -2.32. The van der Waals surface area contributed by atoms with Gasteiger partial charge in [-0.15, -0.1) is 10.2 Å². The molecule has 0 aliphatic carbocycles. The number of non-ortho nitro benzene ring substituents is 1. The molecular weight excluding hydrogens is 450 g/mol. The SMILES string of the molecule is CCn1c(SCc2ccc([N+](=O)[O-])cc2)nnc1C1CCCN1C(=O)c1ccccc1Cl. The third kappa shape index (κ3) is 4.49. The molecule has 0 bridgehead atoms. The second-order valence-electron chi connectivity index (χ2n) is 7.43. The molecule has 1 unspecified atom stereocenters. The number of benzene rings is 2.